The predicted molar refractivity (Wildman–Crippen MR) is 290 cm³/mol. The fourth-order valence-electron chi connectivity index (χ4n) is 9.15. The number of hydrogen-bond acceptors (Lipinski definition) is 12. The van der Waals surface area contributed by atoms with Gasteiger partial charge in [0.1, 0.15) is 0 Å². The summed E-state index contributed by atoms with van der Waals surface area (Å²) in [6, 6.07) is 0. The van der Waals surface area contributed by atoms with Crippen LogP contribution in [0, 0.1) is 34.5 Å². The van der Waals surface area contributed by atoms with Crippen LogP contribution in [0.3, 0.4) is 0 Å². The Morgan fingerprint density at radius 1 is 0.333 bits per heavy atom. The largest absolute Gasteiger partial charge is 2.00 e. The van der Waals surface area contributed by atoms with Crippen molar-refractivity contribution in [2.24, 2.45) is 34.5 Å². The SMILES string of the molecule is CCCC[N+](CCCC)(CCCC)CCCC.CCCC[N+](CCCC)(CCCC)CCCC.O=C(O)[C@H]1CC=CC[C@H]1C(=O)OCC(C[O-])(C[O-])C[O-].O=C(OCC(C[O-])(C[O-])C[O-])[C@H]1CC=CC[C@H]1C(=O)O.[O-2].[O-2].[O-2].[O-2].[O-2].[O-2].[O-2].[O-2].[O-2].[O-2].[O-2].[O-2].[O-2].[V].[V].[V].[V].[V].[V]. The fourth-order valence-corrected chi connectivity index (χ4v) is 9.15. The van der Waals surface area contributed by atoms with Crippen molar-refractivity contribution in [3.8, 4) is 0 Å². The maximum Gasteiger partial charge on any atom is 0.310 e. The molecule has 0 aromatic rings. The number of rotatable bonds is 38. The number of nitrogens with zero attached hydrogens (tertiary/aromatic N) is 2. The molecule has 2 aliphatic rings. The Morgan fingerprint density at radius 2 is 0.484 bits per heavy atom. The first-order valence-electron chi connectivity index (χ1n) is 28.8. The van der Waals surface area contributed by atoms with Gasteiger partial charge in [-0.3, -0.25) is 19.2 Å². The summed E-state index contributed by atoms with van der Waals surface area (Å²) in [4.78, 5) is 45.9. The van der Waals surface area contributed by atoms with Crippen LogP contribution in [0.5, 0.6) is 0 Å². The molecule has 2 aliphatic carbocycles. The number of carbonyl (C=O) groups excluding carboxylic acids is 2. The molecule has 2 N–H and O–H groups in total. The number of esters is 2. The van der Waals surface area contributed by atoms with Gasteiger partial charge in [0, 0.05) is 111 Å². The van der Waals surface area contributed by atoms with E-state index < -0.39 is 111 Å². The van der Waals surface area contributed by atoms with E-state index in [4.69, 9.17) is 19.7 Å². The number of unbranched alkanes of at least 4 members (excludes halogenated alkanes) is 8. The minimum absolute atomic E-state index is 0. The number of quaternary nitrogens is 2. The summed E-state index contributed by atoms with van der Waals surface area (Å²) in [5.74, 6) is -7.20. The third-order valence-corrected chi connectivity index (χ3v) is 14.9. The quantitative estimate of drug-likeness (QED) is 0.0510. The van der Waals surface area contributed by atoms with Crippen molar-refractivity contribution in [3.63, 3.8) is 0 Å². The van der Waals surface area contributed by atoms with Crippen LogP contribution in [-0.4, -0.2) is 148 Å². The van der Waals surface area contributed by atoms with Crippen LogP contribution in [0.2, 0.25) is 0 Å². The summed E-state index contributed by atoms with van der Waals surface area (Å²) in [7, 11) is 0. The molecule has 0 saturated heterocycles. The molecule has 0 aromatic heterocycles. The first-order chi connectivity index (χ1) is 35.5. The van der Waals surface area contributed by atoms with Gasteiger partial charge in [0.05, 0.1) is 89.2 Å². The molecule has 0 aromatic carbocycles. The molecule has 4 atom stereocenters. The van der Waals surface area contributed by atoms with Crippen LogP contribution in [-0.2, 0) is 211 Å². The van der Waals surface area contributed by atoms with Gasteiger partial charge in [-0.05, 0) is 87.9 Å². The Hall–Kier alpha value is 0.0265. The van der Waals surface area contributed by atoms with Gasteiger partial charge in [0.2, 0.25) is 0 Å². The number of hydrogen-bond donors (Lipinski definition) is 2. The van der Waals surface area contributed by atoms with Crippen molar-refractivity contribution in [1.29, 1.82) is 0 Å². The van der Waals surface area contributed by atoms with Gasteiger partial charge < -0.3 is 130 Å². The normalized spacial score (nSPS) is 14.1. The molecule has 0 aliphatic heterocycles. The van der Waals surface area contributed by atoms with Crippen LogP contribution >= 0.6 is 0 Å². The van der Waals surface area contributed by atoms with E-state index in [2.05, 4.69) is 55.4 Å². The molecule has 35 heteroatoms. The molecule has 0 saturated carbocycles. The smallest absolute Gasteiger partial charge is 0.310 e. The van der Waals surface area contributed by atoms with Crippen molar-refractivity contribution in [2.45, 2.75) is 184 Å². The number of carboxylic acids is 2. The second-order valence-electron chi connectivity index (χ2n) is 21.4. The van der Waals surface area contributed by atoms with Crippen molar-refractivity contribution in [3.05, 3.63) is 24.3 Å². The Morgan fingerprint density at radius 3 is 0.613 bits per heavy atom. The number of carboxylic acid groups (broad SMARTS) is 2. The number of ether oxygens (including phenoxy) is 2. The van der Waals surface area contributed by atoms with Gasteiger partial charge in [-0.25, -0.2) is 0 Å². The molecule has 0 fully saturated rings. The third-order valence-electron chi connectivity index (χ3n) is 14.9. The zero-order valence-corrected chi connectivity index (χ0v) is 64.1. The molecule has 0 heterocycles. The van der Waals surface area contributed by atoms with Crippen molar-refractivity contribution in [1.82, 2.24) is 0 Å². The molecule has 0 unspecified atom stereocenters. The maximum absolute atomic E-state index is 11.9. The first-order valence-corrected chi connectivity index (χ1v) is 28.8. The molecular weight excluding hydrogens is 1460 g/mol. The molecule has 6 radical (unpaired) electrons. The van der Waals surface area contributed by atoms with Crippen LogP contribution in [0.4, 0.5) is 0 Å². The van der Waals surface area contributed by atoms with Crippen molar-refractivity contribution in [2.75, 3.05) is 105 Å². The summed E-state index contributed by atoms with van der Waals surface area (Å²) in [5.41, 5.74) is -3.28. The molecule has 2 rings (SSSR count). The van der Waals surface area contributed by atoms with Gasteiger partial charge in [-0.2, -0.15) is 0 Å². The van der Waals surface area contributed by atoms with Crippen LogP contribution in [0.15, 0.2) is 24.3 Å². The second kappa shape index (κ2) is 94.1. The fraction of sp³-hybridized carbons (Fsp3) is 0.862. The Kier molecular flexibility index (Phi) is 154. The van der Waals surface area contributed by atoms with Crippen molar-refractivity contribution >= 4 is 23.9 Å². The van der Waals surface area contributed by atoms with Gasteiger partial charge in [-0.1, -0.05) is 131 Å². The van der Waals surface area contributed by atoms with E-state index in [1.807, 2.05) is 0 Å². The Bertz CT molecular complexity index is 1340. The molecule has 0 amide bonds. The maximum atomic E-state index is 11.9. The van der Waals surface area contributed by atoms with Gasteiger partial charge >= 0.3 is 23.9 Å². The summed E-state index contributed by atoms with van der Waals surface area (Å²) >= 11 is 0. The molecule has 0 spiro atoms. The molecule has 29 nitrogen and oxygen atoms in total. The molecule has 0 bridgehead atoms. The third kappa shape index (κ3) is 63.9. The van der Waals surface area contributed by atoms with Crippen LogP contribution < -0.4 is 30.6 Å². The number of allylic oxidation sites excluding steroid dienone is 4. The monoisotopic (exact) mass is 1570 g/mol. The standard InChI is InChI=1S/2C16H36N.2C13H17O7.13O.6V/c2*1-5-9-13-17(14-10-6-2,15-11-7-3)16-12-8-4;2*14-5-13(6-15,7-16)8-20-12(19)10-4-2-1-3-9(10)11(17)18;;;;;;;;;;;;;;;;;;;/h2*5-16H2,1-4H3;2*1-2,9-10H,3-8H2,(H,17,18);;;;;;;;;;;;;;;;;;;/q2*+1;2*-3;13*-2;;;;;;/t;;2*9-,10+;;;;;;;;;;;;;;;;;;;/m..10.................../s1. The van der Waals surface area contributed by atoms with E-state index in [0.717, 1.165) is 0 Å². The summed E-state index contributed by atoms with van der Waals surface area (Å²) < 4.78 is 12.6. The van der Waals surface area contributed by atoms with Gasteiger partial charge in [0.15, 0.2) is 0 Å². The molecular formula is C58H106N2O27V6-30. The predicted octanol–water partition coefficient (Wildman–Crippen LogP) is 2.98. The molecule has 93 heavy (non-hydrogen) atoms. The van der Waals surface area contributed by atoms with E-state index in [0.29, 0.717) is 0 Å². The van der Waals surface area contributed by atoms with E-state index in [1.165, 1.54) is 164 Å². The number of aliphatic carboxylic acids is 2. The van der Waals surface area contributed by atoms with Gasteiger partial charge in [-0.15, -0.1) is 39.6 Å². The number of carbonyl (C=O) groups is 4. The van der Waals surface area contributed by atoms with Crippen molar-refractivity contribution < 1.29 is 261 Å². The topological polar surface area (TPSA) is 636 Å². The van der Waals surface area contributed by atoms with E-state index in [1.54, 1.807) is 24.3 Å². The molecule has 570 valence electrons. The Balaban J connectivity index is -0.0000000367. The minimum atomic E-state index is -1.64. The van der Waals surface area contributed by atoms with E-state index in [-0.39, 0.29) is 208 Å². The summed E-state index contributed by atoms with van der Waals surface area (Å²) in [6.45, 7) is 23.4. The Labute approximate surface area is 628 Å². The van der Waals surface area contributed by atoms with Crippen LogP contribution in [0.25, 0.3) is 0 Å². The second-order valence-corrected chi connectivity index (χ2v) is 21.4. The summed E-state index contributed by atoms with van der Waals surface area (Å²) in [6.07, 6.45) is 29.8. The average molecular weight is 1570 g/mol. The van der Waals surface area contributed by atoms with E-state index in [9.17, 15) is 49.8 Å². The van der Waals surface area contributed by atoms with Crippen LogP contribution in [0.1, 0.15) is 184 Å². The summed E-state index contributed by atoms with van der Waals surface area (Å²) in [5, 5.41) is 83.3. The minimum Gasteiger partial charge on any atom is -2.00 e. The van der Waals surface area contributed by atoms with E-state index >= 15 is 0 Å². The van der Waals surface area contributed by atoms with Gasteiger partial charge in [0.25, 0.3) is 0 Å². The average Bonchev–Trinajstić information content (AvgIpc) is 3.43. The first kappa shape index (κ1) is 152. The zero-order valence-electron chi connectivity index (χ0n) is 55.8. The zero-order chi connectivity index (χ0) is 56.3.